The molecular weight excluding hydrogens is 243 g/mol. The van der Waals surface area contributed by atoms with Crippen molar-refractivity contribution in [2.45, 2.75) is 26.3 Å². The third kappa shape index (κ3) is 3.60. The van der Waals surface area contributed by atoms with Gasteiger partial charge in [0, 0.05) is 37.4 Å². The van der Waals surface area contributed by atoms with E-state index in [-0.39, 0.29) is 5.82 Å². The fraction of sp³-hybridized carbons (Fsp3) is 0.600. The number of anilines is 1. The number of piperazine rings is 1. The number of nitrogens with zero attached hydrogens (tertiary/aromatic N) is 1. The fourth-order valence-corrected chi connectivity index (χ4v) is 2.63. The number of nitrogens with one attached hydrogen (secondary N) is 1. The van der Waals surface area contributed by atoms with Crippen LogP contribution in [-0.4, -0.2) is 32.8 Å². The average molecular weight is 266 g/mol. The van der Waals surface area contributed by atoms with Crippen molar-refractivity contribution in [2.75, 3.05) is 31.6 Å². The van der Waals surface area contributed by atoms with Gasteiger partial charge >= 0.3 is 0 Å². The molecule has 1 atom stereocenters. The van der Waals surface area contributed by atoms with Gasteiger partial charge in [-0.3, -0.25) is 0 Å². The van der Waals surface area contributed by atoms with Gasteiger partial charge in [0.05, 0.1) is 7.11 Å². The molecule has 1 unspecified atom stereocenters. The Balaban J connectivity index is 2.08. The Morgan fingerprint density at radius 2 is 2.26 bits per heavy atom. The predicted molar refractivity (Wildman–Crippen MR) is 76.4 cm³/mol. The Morgan fingerprint density at radius 1 is 1.47 bits per heavy atom. The topological polar surface area (TPSA) is 24.5 Å². The molecule has 1 aromatic carbocycles. The molecule has 0 bridgehead atoms. The van der Waals surface area contributed by atoms with Gasteiger partial charge in [0.2, 0.25) is 0 Å². The number of hydrogen-bond donors (Lipinski definition) is 1. The van der Waals surface area contributed by atoms with Crippen LogP contribution in [0.4, 0.5) is 10.1 Å². The maximum atomic E-state index is 13.4. The smallest absolute Gasteiger partial charge is 0.165 e. The van der Waals surface area contributed by atoms with Gasteiger partial charge in [-0.1, -0.05) is 13.8 Å². The van der Waals surface area contributed by atoms with Gasteiger partial charge in [-0.25, -0.2) is 4.39 Å². The molecule has 0 saturated carbocycles. The van der Waals surface area contributed by atoms with Crippen molar-refractivity contribution in [3.05, 3.63) is 24.0 Å². The van der Waals surface area contributed by atoms with E-state index in [0.29, 0.717) is 17.7 Å². The van der Waals surface area contributed by atoms with E-state index in [4.69, 9.17) is 4.74 Å². The first-order valence-electron chi connectivity index (χ1n) is 6.92. The highest BCUT2D eigenvalue weighted by atomic mass is 19.1. The van der Waals surface area contributed by atoms with E-state index < -0.39 is 0 Å². The van der Waals surface area contributed by atoms with Crippen molar-refractivity contribution in [3.8, 4) is 5.75 Å². The summed E-state index contributed by atoms with van der Waals surface area (Å²) in [5.74, 6) is 0.691. The van der Waals surface area contributed by atoms with E-state index in [1.54, 1.807) is 6.07 Å². The summed E-state index contributed by atoms with van der Waals surface area (Å²) in [4.78, 5) is 2.30. The lowest BCUT2D eigenvalue weighted by Gasteiger charge is -2.36. The van der Waals surface area contributed by atoms with Crippen molar-refractivity contribution in [1.82, 2.24) is 5.32 Å². The molecule has 1 N–H and O–H groups in total. The first-order chi connectivity index (χ1) is 9.10. The first kappa shape index (κ1) is 14.1. The summed E-state index contributed by atoms with van der Waals surface area (Å²) in [6.07, 6.45) is 1.16. The number of halogens is 1. The molecule has 0 aliphatic carbocycles. The Bertz CT molecular complexity index is 423. The van der Waals surface area contributed by atoms with Gasteiger partial charge in [0.25, 0.3) is 0 Å². The van der Waals surface area contributed by atoms with E-state index in [1.807, 2.05) is 6.07 Å². The van der Waals surface area contributed by atoms with Crippen molar-refractivity contribution in [1.29, 1.82) is 0 Å². The Hall–Kier alpha value is -1.29. The molecule has 106 valence electrons. The molecule has 1 fully saturated rings. The van der Waals surface area contributed by atoms with Crippen molar-refractivity contribution in [3.63, 3.8) is 0 Å². The van der Waals surface area contributed by atoms with Gasteiger partial charge < -0.3 is 15.0 Å². The molecule has 1 heterocycles. The second kappa shape index (κ2) is 6.24. The predicted octanol–water partition coefficient (Wildman–Crippen LogP) is 2.66. The molecule has 0 amide bonds. The second-order valence-electron chi connectivity index (χ2n) is 5.55. The lowest BCUT2D eigenvalue weighted by molar-refractivity contribution is 0.381. The summed E-state index contributed by atoms with van der Waals surface area (Å²) in [6.45, 7) is 7.36. The van der Waals surface area contributed by atoms with Crippen LogP contribution < -0.4 is 15.0 Å². The maximum absolute atomic E-state index is 13.4. The quantitative estimate of drug-likeness (QED) is 0.906. The van der Waals surface area contributed by atoms with E-state index in [2.05, 4.69) is 24.1 Å². The normalized spacial score (nSPS) is 19.8. The minimum atomic E-state index is -0.305. The van der Waals surface area contributed by atoms with Gasteiger partial charge in [-0.05, 0) is 24.5 Å². The Kier molecular flexibility index (Phi) is 4.64. The number of methoxy groups -OCH3 is 1. The number of hydrogen-bond acceptors (Lipinski definition) is 3. The summed E-state index contributed by atoms with van der Waals surface area (Å²) in [5, 5.41) is 3.54. The van der Waals surface area contributed by atoms with Gasteiger partial charge in [-0.15, -0.1) is 0 Å². The van der Waals surface area contributed by atoms with E-state index in [0.717, 1.165) is 31.7 Å². The van der Waals surface area contributed by atoms with Crippen LogP contribution in [0.5, 0.6) is 5.75 Å². The molecule has 4 heteroatoms. The zero-order chi connectivity index (χ0) is 13.8. The van der Waals surface area contributed by atoms with E-state index >= 15 is 0 Å². The van der Waals surface area contributed by atoms with Crippen molar-refractivity contribution < 1.29 is 9.13 Å². The summed E-state index contributed by atoms with van der Waals surface area (Å²) in [5.41, 5.74) is 1.04. The van der Waals surface area contributed by atoms with Gasteiger partial charge in [0.15, 0.2) is 11.6 Å². The van der Waals surface area contributed by atoms with Crippen molar-refractivity contribution in [2.24, 2.45) is 5.92 Å². The SMILES string of the molecule is COc1cc(N2CCNC(CC(C)C)C2)ccc1F. The first-order valence-corrected chi connectivity index (χ1v) is 6.92. The molecule has 3 nitrogen and oxygen atoms in total. The number of ether oxygens (including phenoxy) is 1. The Labute approximate surface area is 114 Å². The molecule has 1 aliphatic rings. The van der Waals surface area contributed by atoms with E-state index in [1.165, 1.54) is 13.2 Å². The van der Waals surface area contributed by atoms with Crippen LogP contribution in [-0.2, 0) is 0 Å². The standard InChI is InChI=1S/C15H23FN2O/c1-11(2)8-12-10-18(7-6-17-12)13-4-5-14(16)15(9-13)19-3/h4-5,9,11-12,17H,6-8,10H2,1-3H3. The highest BCUT2D eigenvalue weighted by molar-refractivity contribution is 5.51. The number of benzene rings is 1. The van der Waals surface area contributed by atoms with Crippen LogP contribution in [0, 0.1) is 11.7 Å². The second-order valence-corrected chi connectivity index (χ2v) is 5.55. The zero-order valence-electron chi connectivity index (χ0n) is 11.9. The molecule has 0 radical (unpaired) electrons. The third-order valence-electron chi connectivity index (χ3n) is 3.51. The summed E-state index contributed by atoms with van der Waals surface area (Å²) in [7, 11) is 1.50. The summed E-state index contributed by atoms with van der Waals surface area (Å²) in [6, 6.07) is 5.60. The monoisotopic (exact) mass is 266 g/mol. The van der Waals surface area contributed by atoms with Crippen LogP contribution >= 0.6 is 0 Å². The van der Waals surface area contributed by atoms with Crippen LogP contribution in [0.1, 0.15) is 20.3 Å². The molecule has 1 aromatic rings. The van der Waals surface area contributed by atoms with Gasteiger partial charge in [-0.2, -0.15) is 0 Å². The molecule has 0 spiro atoms. The molecule has 0 aromatic heterocycles. The highest BCUT2D eigenvalue weighted by Crippen LogP contribution is 2.25. The largest absolute Gasteiger partial charge is 0.494 e. The number of rotatable bonds is 4. The van der Waals surface area contributed by atoms with E-state index in [9.17, 15) is 4.39 Å². The highest BCUT2D eigenvalue weighted by Gasteiger charge is 2.21. The Morgan fingerprint density at radius 3 is 2.95 bits per heavy atom. The molecular formula is C15H23FN2O. The van der Waals surface area contributed by atoms with Crippen LogP contribution in [0.3, 0.4) is 0 Å². The minimum Gasteiger partial charge on any atom is -0.494 e. The summed E-state index contributed by atoms with van der Waals surface area (Å²) < 4.78 is 18.5. The third-order valence-corrected chi connectivity index (χ3v) is 3.51. The molecule has 19 heavy (non-hydrogen) atoms. The maximum Gasteiger partial charge on any atom is 0.165 e. The molecule has 2 rings (SSSR count). The lowest BCUT2D eigenvalue weighted by Crippen LogP contribution is -2.51. The van der Waals surface area contributed by atoms with Crippen LogP contribution in [0.15, 0.2) is 18.2 Å². The average Bonchev–Trinajstić information content (AvgIpc) is 2.39. The molecule has 1 saturated heterocycles. The lowest BCUT2D eigenvalue weighted by atomic mass is 10.0. The summed E-state index contributed by atoms with van der Waals surface area (Å²) >= 11 is 0. The van der Waals surface area contributed by atoms with Crippen LogP contribution in [0.25, 0.3) is 0 Å². The minimum absolute atomic E-state index is 0.305. The van der Waals surface area contributed by atoms with Crippen LogP contribution in [0.2, 0.25) is 0 Å². The fourth-order valence-electron chi connectivity index (χ4n) is 2.63. The van der Waals surface area contributed by atoms with Gasteiger partial charge in [0.1, 0.15) is 0 Å². The van der Waals surface area contributed by atoms with Crippen molar-refractivity contribution >= 4 is 5.69 Å². The molecule has 1 aliphatic heterocycles. The zero-order valence-corrected chi connectivity index (χ0v) is 11.9.